The van der Waals surface area contributed by atoms with Crippen molar-refractivity contribution in [2.24, 2.45) is 7.05 Å². The minimum Gasteiger partial charge on any atom is -0.298 e. The number of hydrogen-bond donors (Lipinski definition) is 0. The van der Waals surface area contributed by atoms with Gasteiger partial charge in [-0.2, -0.15) is 0 Å². The van der Waals surface area contributed by atoms with E-state index in [9.17, 15) is 13.6 Å². The van der Waals surface area contributed by atoms with Gasteiger partial charge in [0.05, 0.1) is 16.9 Å². The molecule has 0 bridgehead atoms. The number of nitrogens with zero attached hydrogens (tertiary/aromatic N) is 3. The molecule has 2 heterocycles. The van der Waals surface area contributed by atoms with Gasteiger partial charge in [-0.1, -0.05) is 12.1 Å². The van der Waals surface area contributed by atoms with Crippen LogP contribution in [-0.2, 0) is 13.6 Å². The predicted octanol–water partition coefficient (Wildman–Crippen LogP) is 3.55. The van der Waals surface area contributed by atoms with E-state index < -0.39 is 11.6 Å². The maximum Gasteiger partial charge on any atom is 0.261 e. The highest BCUT2D eigenvalue weighted by Gasteiger charge is 2.29. The second-order valence-electron chi connectivity index (χ2n) is 6.76. The van der Waals surface area contributed by atoms with Crippen molar-refractivity contribution < 1.29 is 8.78 Å². The normalized spacial score (nSPS) is 17.9. The molecule has 1 unspecified atom stereocenters. The lowest BCUT2D eigenvalue weighted by molar-refractivity contribution is 0.234. The van der Waals surface area contributed by atoms with E-state index in [4.69, 9.17) is 4.98 Å². The van der Waals surface area contributed by atoms with Gasteiger partial charge in [0.15, 0.2) is 0 Å². The average Bonchev–Trinajstić information content (AvgIpc) is 3.05. The first-order chi connectivity index (χ1) is 12.5. The van der Waals surface area contributed by atoms with Gasteiger partial charge < -0.3 is 0 Å². The number of hydrogen-bond acceptors (Lipinski definition) is 3. The third kappa shape index (κ3) is 3.01. The molecule has 1 fully saturated rings. The Kier molecular flexibility index (Phi) is 4.28. The molecule has 1 atom stereocenters. The monoisotopic (exact) mass is 355 g/mol. The van der Waals surface area contributed by atoms with Crippen LogP contribution in [0.5, 0.6) is 0 Å². The van der Waals surface area contributed by atoms with Gasteiger partial charge in [-0.05, 0) is 49.2 Å². The van der Waals surface area contributed by atoms with Crippen molar-refractivity contribution in [2.45, 2.75) is 25.4 Å². The summed E-state index contributed by atoms with van der Waals surface area (Å²) in [5.41, 5.74) is 1.18. The fourth-order valence-electron chi connectivity index (χ4n) is 3.78. The molecule has 0 saturated carbocycles. The summed E-state index contributed by atoms with van der Waals surface area (Å²) in [7, 11) is 1.73. The summed E-state index contributed by atoms with van der Waals surface area (Å²) < 4.78 is 28.6. The van der Waals surface area contributed by atoms with Crippen LogP contribution in [0.4, 0.5) is 8.78 Å². The van der Waals surface area contributed by atoms with E-state index in [1.54, 1.807) is 17.7 Å². The van der Waals surface area contributed by atoms with E-state index in [2.05, 4.69) is 4.90 Å². The van der Waals surface area contributed by atoms with E-state index >= 15 is 0 Å². The Morgan fingerprint density at radius 3 is 2.65 bits per heavy atom. The number of likely N-dealkylation sites (tertiary alicyclic amines) is 1. The highest BCUT2D eigenvalue weighted by molar-refractivity contribution is 5.77. The van der Waals surface area contributed by atoms with Gasteiger partial charge in [0, 0.05) is 19.7 Å². The molecule has 4 rings (SSSR count). The molecule has 0 radical (unpaired) electrons. The first-order valence-electron chi connectivity index (χ1n) is 8.67. The molecule has 6 heteroatoms. The lowest BCUT2D eigenvalue weighted by Crippen LogP contribution is -2.30. The van der Waals surface area contributed by atoms with Crippen LogP contribution < -0.4 is 5.56 Å². The van der Waals surface area contributed by atoms with Crippen LogP contribution in [0, 0.1) is 11.6 Å². The third-order valence-electron chi connectivity index (χ3n) is 4.99. The van der Waals surface area contributed by atoms with E-state index in [1.807, 2.05) is 18.2 Å². The molecule has 2 aromatic carbocycles. The quantitative estimate of drug-likeness (QED) is 0.721. The van der Waals surface area contributed by atoms with Gasteiger partial charge >= 0.3 is 0 Å². The van der Waals surface area contributed by atoms with Gasteiger partial charge in [0.1, 0.15) is 17.5 Å². The number of aromatic nitrogens is 2. The van der Waals surface area contributed by atoms with Gasteiger partial charge in [-0.25, -0.2) is 13.8 Å². The predicted molar refractivity (Wildman–Crippen MR) is 95.7 cm³/mol. The Bertz CT molecular complexity index is 1010. The Morgan fingerprint density at radius 1 is 1.15 bits per heavy atom. The van der Waals surface area contributed by atoms with Crippen LogP contribution in [0.2, 0.25) is 0 Å². The molecule has 1 saturated heterocycles. The molecule has 1 aliphatic rings. The van der Waals surface area contributed by atoms with Crippen LogP contribution in [0.25, 0.3) is 10.9 Å². The molecule has 0 spiro atoms. The minimum absolute atomic E-state index is 0.0522. The molecule has 1 aromatic heterocycles. The lowest BCUT2D eigenvalue weighted by Gasteiger charge is -2.25. The van der Waals surface area contributed by atoms with Crippen molar-refractivity contribution in [3.63, 3.8) is 0 Å². The van der Waals surface area contributed by atoms with Gasteiger partial charge in [0.25, 0.3) is 5.56 Å². The zero-order valence-electron chi connectivity index (χ0n) is 14.5. The smallest absolute Gasteiger partial charge is 0.261 e. The van der Waals surface area contributed by atoms with E-state index in [0.717, 1.165) is 25.5 Å². The molecule has 0 N–H and O–H groups in total. The number of rotatable bonds is 3. The van der Waals surface area contributed by atoms with Gasteiger partial charge in [-0.3, -0.25) is 14.3 Å². The Balaban J connectivity index is 1.71. The summed E-state index contributed by atoms with van der Waals surface area (Å²) in [6.07, 6.45) is 1.81. The van der Waals surface area contributed by atoms with Crippen molar-refractivity contribution in [1.82, 2.24) is 14.5 Å². The maximum absolute atomic E-state index is 13.5. The second kappa shape index (κ2) is 6.61. The molecular weight excluding hydrogens is 336 g/mol. The van der Waals surface area contributed by atoms with Crippen LogP contribution in [0.1, 0.15) is 30.3 Å². The van der Waals surface area contributed by atoms with Crippen molar-refractivity contribution in [1.29, 1.82) is 0 Å². The summed E-state index contributed by atoms with van der Waals surface area (Å²) in [6.45, 7) is 1.22. The first kappa shape index (κ1) is 16.8. The zero-order valence-corrected chi connectivity index (χ0v) is 14.5. The van der Waals surface area contributed by atoms with Gasteiger partial charge in [0.2, 0.25) is 0 Å². The summed E-state index contributed by atoms with van der Waals surface area (Å²) in [5, 5.41) is 0.593. The van der Waals surface area contributed by atoms with Crippen LogP contribution in [-0.4, -0.2) is 21.0 Å². The highest BCUT2D eigenvalue weighted by atomic mass is 19.1. The molecule has 3 aromatic rings. The van der Waals surface area contributed by atoms with E-state index in [-0.39, 0.29) is 11.6 Å². The fraction of sp³-hybridized carbons (Fsp3) is 0.300. The molecular formula is C20H19F2N3O. The maximum atomic E-state index is 13.5. The molecule has 1 aliphatic heterocycles. The summed E-state index contributed by atoms with van der Waals surface area (Å²) in [5.74, 6) is -0.456. The summed E-state index contributed by atoms with van der Waals surface area (Å²) in [6, 6.07) is 10.8. The van der Waals surface area contributed by atoms with Crippen molar-refractivity contribution in [3.05, 3.63) is 75.8 Å². The minimum atomic E-state index is -0.577. The zero-order chi connectivity index (χ0) is 18.3. The molecule has 0 aliphatic carbocycles. The van der Waals surface area contributed by atoms with Crippen molar-refractivity contribution in [2.75, 3.05) is 6.54 Å². The summed E-state index contributed by atoms with van der Waals surface area (Å²) >= 11 is 0. The van der Waals surface area contributed by atoms with Crippen LogP contribution in [0.15, 0.2) is 47.3 Å². The Labute approximate surface area is 149 Å². The molecule has 0 amide bonds. The Morgan fingerprint density at radius 2 is 1.88 bits per heavy atom. The molecule has 134 valence electrons. The topological polar surface area (TPSA) is 38.1 Å². The largest absolute Gasteiger partial charge is 0.298 e. The van der Waals surface area contributed by atoms with Crippen molar-refractivity contribution >= 4 is 10.9 Å². The first-order valence-corrected chi connectivity index (χ1v) is 8.67. The van der Waals surface area contributed by atoms with Crippen LogP contribution >= 0.6 is 0 Å². The Hall–Kier alpha value is -2.60. The third-order valence-corrected chi connectivity index (χ3v) is 4.99. The van der Waals surface area contributed by atoms with E-state index in [1.165, 1.54) is 12.1 Å². The standard InChI is InChI=1S/C20H19F2N3O/c1-24-19(23-17-6-3-2-5-16(17)20(24)26)18-7-4-8-25(18)12-13-9-14(21)11-15(22)10-13/h2-3,5-6,9-11,18H,4,7-8,12H2,1H3. The second-order valence-corrected chi connectivity index (χ2v) is 6.76. The number of benzene rings is 2. The lowest BCUT2D eigenvalue weighted by atomic mass is 10.1. The van der Waals surface area contributed by atoms with E-state index in [0.29, 0.717) is 28.8 Å². The number of halogens is 2. The SMILES string of the molecule is Cn1c(C2CCCN2Cc2cc(F)cc(F)c2)nc2ccccc2c1=O. The summed E-state index contributed by atoms with van der Waals surface area (Å²) in [4.78, 5) is 19.5. The van der Waals surface area contributed by atoms with Gasteiger partial charge in [-0.15, -0.1) is 0 Å². The number of para-hydroxylation sites is 1. The highest BCUT2D eigenvalue weighted by Crippen LogP contribution is 2.32. The fourth-order valence-corrected chi connectivity index (χ4v) is 3.78. The number of fused-ring (bicyclic) bond motifs is 1. The average molecular weight is 355 g/mol. The molecule has 4 nitrogen and oxygen atoms in total. The molecule has 26 heavy (non-hydrogen) atoms. The van der Waals surface area contributed by atoms with Crippen LogP contribution in [0.3, 0.4) is 0 Å². The van der Waals surface area contributed by atoms with Crippen molar-refractivity contribution in [3.8, 4) is 0 Å².